The molecule has 8 nitrogen and oxygen atoms in total. The highest BCUT2D eigenvalue weighted by Crippen LogP contribution is 2.27. The number of pyridine rings is 1. The van der Waals surface area contributed by atoms with Crippen molar-refractivity contribution in [3.8, 4) is 6.07 Å². The monoisotopic (exact) mass is 278 g/mol. The Hall–Kier alpha value is -2.69. The molecular weight excluding hydrogens is 264 g/mol. The van der Waals surface area contributed by atoms with Gasteiger partial charge in [0.1, 0.15) is 6.07 Å². The van der Waals surface area contributed by atoms with E-state index >= 15 is 0 Å². The maximum Gasteiger partial charge on any atom is 0.312 e. The molecule has 0 atom stereocenters. The summed E-state index contributed by atoms with van der Waals surface area (Å²) in [6.07, 6.45) is 1.44. The van der Waals surface area contributed by atoms with Crippen molar-refractivity contribution in [1.82, 2.24) is 4.98 Å². The summed E-state index contributed by atoms with van der Waals surface area (Å²) in [5.74, 6) is -0.924. The van der Waals surface area contributed by atoms with Crippen molar-refractivity contribution in [3.05, 3.63) is 27.9 Å². The Morgan fingerprint density at radius 1 is 1.65 bits per heavy atom. The Balaban J connectivity index is 2.99. The molecule has 1 aromatic rings. The average Bonchev–Trinajstić information content (AvgIpc) is 2.36. The van der Waals surface area contributed by atoms with Crippen molar-refractivity contribution in [2.24, 2.45) is 0 Å². The van der Waals surface area contributed by atoms with E-state index in [0.717, 1.165) is 6.07 Å². The molecule has 0 saturated carbocycles. The van der Waals surface area contributed by atoms with E-state index in [2.05, 4.69) is 10.3 Å². The molecule has 8 heteroatoms. The molecule has 1 rings (SSSR count). The fourth-order valence-corrected chi connectivity index (χ4v) is 1.55. The highest BCUT2D eigenvalue weighted by atomic mass is 16.6. The summed E-state index contributed by atoms with van der Waals surface area (Å²) in [4.78, 5) is 24.8. The molecule has 106 valence electrons. The summed E-state index contributed by atoms with van der Waals surface area (Å²) in [5, 5.41) is 31.2. The zero-order valence-corrected chi connectivity index (χ0v) is 11.1. The molecule has 0 bridgehead atoms. The van der Waals surface area contributed by atoms with Gasteiger partial charge in [-0.15, -0.1) is 0 Å². The van der Waals surface area contributed by atoms with E-state index < -0.39 is 16.4 Å². The van der Waals surface area contributed by atoms with Gasteiger partial charge in [-0.2, -0.15) is 5.26 Å². The predicted octanol–water partition coefficient (Wildman–Crippen LogP) is 1.92. The van der Waals surface area contributed by atoms with Crippen LogP contribution >= 0.6 is 0 Å². The number of hydrogen-bond donors (Lipinski definition) is 2. The third kappa shape index (κ3) is 4.20. The van der Waals surface area contributed by atoms with Gasteiger partial charge >= 0.3 is 11.7 Å². The Bertz CT molecular complexity index is 577. The van der Waals surface area contributed by atoms with Gasteiger partial charge in [-0.1, -0.05) is 0 Å². The van der Waals surface area contributed by atoms with Gasteiger partial charge in [0.2, 0.25) is 5.82 Å². The van der Waals surface area contributed by atoms with Crippen LogP contribution in [0.3, 0.4) is 0 Å². The smallest absolute Gasteiger partial charge is 0.312 e. The summed E-state index contributed by atoms with van der Waals surface area (Å²) >= 11 is 0. The molecule has 0 aliphatic rings. The number of hydrogen-bond acceptors (Lipinski definition) is 6. The number of carbonyl (C=O) groups is 1. The minimum Gasteiger partial charge on any atom is -0.481 e. The maximum atomic E-state index is 11.0. The first-order valence-electron chi connectivity index (χ1n) is 5.80. The SMILES string of the molecule is CC(C)(CCC(=O)O)Nc1ncc(C#N)cc1[N+](=O)[O-]. The molecular formula is C12H14N4O4. The van der Waals surface area contributed by atoms with Gasteiger partial charge in [-0.3, -0.25) is 14.9 Å². The van der Waals surface area contributed by atoms with Crippen LogP contribution in [0, 0.1) is 21.4 Å². The van der Waals surface area contributed by atoms with Crippen LogP contribution in [0.25, 0.3) is 0 Å². The second-order valence-corrected chi connectivity index (χ2v) is 4.86. The van der Waals surface area contributed by atoms with Gasteiger partial charge in [0, 0.05) is 24.2 Å². The highest BCUT2D eigenvalue weighted by molar-refractivity contribution is 5.67. The summed E-state index contributed by atoms with van der Waals surface area (Å²) in [6, 6.07) is 2.91. The van der Waals surface area contributed by atoms with Gasteiger partial charge in [-0.05, 0) is 20.3 Å². The molecule has 0 unspecified atom stereocenters. The van der Waals surface area contributed by atoms with Crippen LogP contribution in [0.4, 0.5) is 11.5 Å². The number of nitrogens with zero attached hydrogens (tertiary/aromatic N) is 3. The van der Waals surface area contributed by atoms with Gasteiger partial charge in [0.05, 0.1) is 10.5 Å². The van der Waals surface area contributed by atoms with Crippen LogP contribution in [0.1, 0.15) is 32.3 Å². The molecule has 2 N–H and O–H groups in total. The van der Waals surface area contributed by atoms with Crippen LogP contribution < -0.4 is 5.32 Å². The first-order chi connectivity index (χ1) is 9.25. The van der Waals surface area contributed by atoms with Crippen molar-refractivity contribution in [2.45, 2.75) is 32.2 Å². The van der Waals surface area contributed by atoms with Crippen LogP contribution in [-0.2, 0) is 4.79 Å². The number of nitriles is 1. The number of aliphatic carboxylic acids is 1. The second-order valence-electron chi connectivity index (χ2n) is 4.86. The first-order valence-corrected chi connectivity index (χ1v) is 5.80. The molecule has 0 aliphatic carbocycles. The molecule has 0 fully saturated rings. The summed E-state index contributed by atoms with van der Waals surface area (Å²) < 4.78 is 0. The fourth-order valence-electron chi connectivity index (χ4n) is 1.55. The van der Waals surface area contributed by atoms with E-state index in [1.807, 2.05) is 0 Å². The summed E-state index contributed by atoms with van der Waals surface area (Å²) in [5.41, 5.74) is -0.900. The minimum atomic E-state index is -0.942. The van der Waals surface area contributed by atoms with Crippen LogP contribution in [0.2, 0.25) is 0 Å². The number of aromatic nitrogens is 1. The first kappa shape index (κ1) is 15.4. The normalized spacial score (nSPS) is 10.7. The van der Waals surface area contributed by atoms with E-state index in [1.165, 1.54) is 6.20 Å². The molecule has 0 aliphatic heterocycles. The standard InChI is InChI=1S/C12H14N4O4/c1-12(2,4-3-10(17)18)15-11-9(16(19)20)5-8(6-13)7-14-11/h5,7H,3-4H2,1-2H3,(H,14,15)(H,17,18). The second kappa shape index (κ2) is 5.97. The van der Waals surface area contributed by atoms with E-state index in [1.54, 1.807) is 19.9 Å². The molecule has 1 heterocycles. The quantitative estimate of drug-likeness (QED) is 0.600. The largest absolute Gasteiger partial charge is 0.481 e. The lowest BCUT2D eigenvalue weighted by molar-refractivity contribution is -0.384. The van der Waals surface area contributed by atoms with Gasteiger partial charge in [-0.25, -0.2) is 4.98 Å². The zero-order chi connectivity index (χ0) is 15.3. The Labute approximate surface area is 115 Å². The van der Waals surface area contributed by atoms with E-state index in [0.29, 0.717) is 0 Å². The highest BCUT2D eigenvalue weighted by Gasteiger charge is 2.24. The molecule has 0 radical (unpaired) electrons. The van der Waals surface area contributed by atoms with Crippen molar-refractivity contribution in [3.63, 3.8) is 0 Å². The molecule has 20 heavy (non-hydrogen) atoms. The Morgan fingerprint density at radius 3 is 2.80 bits per heavy atom. The number of nitrogens with one attached hydrogen (secondary N) is 1. The molecule has 0 saturated heterocycles. The lowest BCUT2D eigenvalue weighted by Gasteiger charge is -2.26. The average molecular weight is 278 g/mol. The van der Waals surface area contributed by atoms with E-state index in [-0.39, 0.29) is 29.9 Å². The lowest BCUT2D eigenvalue weighted by atomic mass is 9.98. The van der Waals surface area contributed by atoms with Gasteiger partial charge in [0.15, 0.2) is 0 Å². The number of carboxylic acids is 1. The topological polar surface area (TPSA) is 129 Å². The minimum absolute atomic E-state index is 0.0180. The molecule has 0 amide bonds. The summed E-state index contributed by atoms with van der Waals surface area (Å²) in [7, 11) is 0. The van der Waals surface area contributed by atoms with Crippen molar-refractivity contribution in [1.29, 1.82) is 5.26 Å². The number of carboxylic acid groups (broad SMARTS) is 1. The van der Waals surface area contributed by atoms with Crippen molar-refractivity contribution in [2.75, 3.05) is 5.32 Å². The third-order valence-corrected chi connectivity index (χ3v) is 2.61. The Morgan fingerprint density at radius 2 is 2.30 bits per heavy atom. The van der Waals surface area contributed by atoms with Crippen LogP contribution in [0.15, 0.2) is 12.3 Å². The van der Waals surface area contributed by atoms with Crippen molar-refractivity contribution >= 4 is 17.5 Å². The predicted molar refractivity (Wildman–Crippen MR) is 70.2 cm³/mol. The van der Waals surface area contributed by atoms with E-state index in [4.69, 9.17) is 10.4 Å². The maximum absolute atomic E-state index is 11.0. The molecule has 0 aromatic carbocycles. The molecule has 1 aromatic heterocycles. The Kier molecular flexibility index (Phi) is 4.59. The van der Waals surface area contributed by atoms with E-state index in [9.17, 15) is 14.9 Å². The van der Waals surface area contributed by atoms with Gasteiger partial charge in [0.25, 0.3) is 0 Å². The summed E-state index contributed by atoms with van der Waals surface area (Å²) in [6.45, 7) is 3.44. The third-order valence-electron chi connectivity index (χ3n) is 2.61. The fraction of sp³-hybridized carbons (Fsp3) is 0.417. The number of nitro groups is 1. The lowest BCUT2D eigenvalue weighted by Crippen LogP contribution is -2.32. The number of rotatable bonds is 6. The zero-order valence-electron chi connectivity index (χ0n) is 11.1. The molecule has 0 spiro atoms. The number of anilines is 1. The van der Waals surface area contributed by atoms with Crippen molar-refractivity contribution < 1.29 is 14.8 Å². The van der Waals surface area contributed by atoms with Crippen LogP contribution in [-0.4, -0.2) is 26.5 Å². The van der Waals surface area contributed by atoms with Crippen LogP contribution in [0.5, 0.6) is 0 Å². The van der Waals surface area contributed by atoms with Gasteiger partial charge < -0.3 is 10.4 Å².